The van der Waals surface area contributed by atoms with E-state index in [2.05, 4.69) is 24.5 Å². The standard InChI is InChI=1S/C15H32N2O2/c1-6-8-10-13(7-2)16-11-9-12-17-14(18)19-15(3,4)5/h13,16H,6-12H2,1-5H3,(H,17,18). The molecule has 0 fully saturated rings. The molecule has 0 heterocycles. The van der Waals surface area contributed by atoms with Crippen molar-refractivity contribution in [3.05, 3.63) is 0 Å². The number of carbonyl (C=O) groups is 1. The maximum atomic E-state index is 11.4. The number of rotatable bonds is 9. The van der Waals surface area contributed by atoms with Gasteiger partial charge < -0.3 is 15.4 Å². The van der Waals surface area contributed by atoms with Crippen LogP contribution in [0.3, 0.4) is 0 Å². The van der Waals surface area contributed by atoms with Crippen molar-refractivity contribution in [1.29, 1.82) is 0 Å². The third-order valence-corrected chi connectivity index (χ3v) is 2.85. The molecular formula is C15H32N2O2. The molecule has 4 nitrogen and oxygen atoms in total. The predicted molar refractivity (Wildman–Crippen MR) is 80.5 cm³/mol. The van der Waals surface area contributed by atoms with Crippen molar-refractivity contribution in [2.45, 2.75) is 78.4 Å². The van der Waals surface area contributed by atoms with Gasteiger partial charge in [-0.25, -0.2) is 4.79 Å². The normalized spacial score (nSPS) is 13.1. The third kappa shape index (κ3) is 12.0. The lowest BCUT2D eigenvalue weighted by Crippen LogP contribution is -2.35. The molecule has 0 aliphatic rings. The molecule has 0 aliphatic carbocycles. The maximum Gasteiger partial charge on any atom is 0.407 e. The molecule has 4 heteroatoms. The second-order valence-corrected chi connectivity index (χ2v) is 5.98. The van der Waals surface area contributed by atoms with E-state index in [1.165, 1.54) is 25.7 Å². The summed E-state index contributed by atoms with van der Waals surface area (Å²) in [5.41, 5.74) is -0.421. The van der Waals surface area contributed by atoms with E-state index < -0.39 is 5.60 Å². The molecule has 0 saturated carbocycles. The first-order valence-electron chi connectivity index (χ1n) is 7.59. The monoisotopic (exact) mass is 272 g/mol. The summed E-state index contributed by atoms with van der Waals surface area (Å²) in [6.07, 6.45) is 5.54. The Morgan fingerprint density at radius 2 is 1.84 bits per heavy atom. The van der Waals surface area contributed by atoms with Gasteiger partial charge in [-0.05, 0) is 46.6 Å². The van der Waals surface area contributed by atoms with Crippen molar-refractivity contribution < 1.29 is 9.53 Å². The van der Waals surface area contributed by atoms with Crippen LogP contribution < -0.4 is 10.6 Å². The Hall–Kier alpha value is -0.770. The summed E-state index contributed by atoms with van der Waals surface area (Å²) in [7, 11) is 0. The number of hydrogen-bond acceptors (Lipinski definition) is 3. The minimum atomic E-state index is -0.421. The minimum absolute atomic E-state index is 0.328. The highest BCUT2D eigenvalue weighted by molar-refractivity contribution is 5.67. The number of hydrogen-bond donors (Lipinski definition) is 2. The fourth-order valence-corrected chi connectivity index (χ4v) is 1.80. The molecule has 1 atom stereocenters. The first kappa shape index (κ1) is 18.2. The van der Waals surface area contributed by atoms with Crippen LogP contribution in [0.1, 0.15) is 66.7 Å². The van der Waals surface area contributed by atoms with Gasteiger partial charge in [0, 0.05) is 12.6 Å². The van der Waals surface area contributed by atoms with Gasteiger partial charge in [0.05, 0.1) is 0 Å². The summed E-state index contributed by atoms with van der Waals surface area (Å²) in [5, 5.41) is 6.31. The molecule has 0 aliphatic heterocycles. The average molecular weight is 272 g/mol. The van der Waals surface area contributed by atoms with E-state index in [-0.39, 0.29) is 6.09 Å². The van der Waals surface area contributed by atoms with Gasteiger partial charge in [-0.2, -0.15) is 0 Å². The Balaban J connectivity index is 3.55. The van der Waals surface area contributed by atoms with Gasteiger partial charge in [0.25, 0.3) is 0 Å². The van der Waals surface area contributed by atoms with E-state index in [0.29, 0.717) is 12.6 Å². The number of alkyl carbamates (subject to hydrolysis) is 1. The largest absolute Gasteiger partial charge is 0.444 e. The lowest BCUT2D eigenvalue weighted by atomic mass is 10.1. The molecule has 1 unspecified atom stereocenters. The first-order chi connectivity index (χ1) is 8.89. The molecular weight excluding hydrogens is 240 g/mol. The van der Waals surface area contributed by atoms with Crippen LogP contribution in [-0.4, -0.2) is 30.8 Å². The van der Waals surface area contributed by atoms with Crippen LogP contribution in [0.25, 0.3) is 0 Å². The molecule has 0 radical (unpaired) electrons. The van der Waals surface area contributed by atoms with E-state index in [4.69, 9.17) is 4.74 Å². The van der Waals surface area contributed by atoms with Gasteiger partial charge in [-0.3, -0.25) is 0 Å². The first-order valence-corrected chi connectivity index (χ1v) is 7.59. The lowest BCUT2D eigenvalue weighted by molar-refractivity contribution is 0.0527. The summed E-state index contributed by atoms with van der Waals surface area (Å²) in [6.45, 7) is 11.6. The molecule has 0 aromatic rings. The Labute approximate surface area is 118 Å². The van der Waals surface area contributed by atoms with Gasteiger partial charge in [0.1, 0.15) is 5.60 Å². The Bertz CT molecular complexity index is 237. The highest BCUT2D eigenvalue weighted by Gasteiger charge is 2.15. The van der Waals surface area contributed by atoms with Crippen LogP contribution >= 0.6 is 0 Å². The second kappa shape index (κ2) is 10.1. The van der Waals surface area contributed by atoms with Crippen LogP contribution in [0.15, 0.2) is 0 Å². The molecule has 19 heavy (non-hydrogen) atoms. The van der Waals surface area contributed by atoms with Crippen molar-refractivity contribution in [3.8, 4) is 0 Å². The fourth-order valence-electron chi connectivity index (χ4n) is 1.80. The molecule has 0 rings (SSSR count). The molecule has 0 saturated heterocycles. The van der Waals surface area contributed by atoms with Crippen LogP contribution in [-0.2, 0) is 4.74 Å². The van der Waals surface area contributed by atoms with Gasteiger partial charge in [-0.1, -0.05) is 26.7 Å². The summed E-state index contributed by atoms with van der Waals surface area (Å²) < 4.78 is 5.17. The molecule has 0 bridgehead atoms. The molecule has 0 spiro atoms. The van der Waals surface area contributed by atoms with Crippen LogP contribution in [0.4, 0.5) is 4.79 Å². The van der Waals surface area contributed by atoms with Crippen molar-refractivity contribution >= 4 is 6.09 Å². The average Bonchev–Trinajstić information content (AvgIpc) is 2.30. The minimum Gasteiger partial charge on any atom is -0.444 e. The summed E-state index contributed by atoms with van der Waals surface area (Å²) in [5.74, 6) is 0. The fraction of sp³-hybridized carbons (Fsp3) is 0.933. The second-order valence-electron chi connectivity index (χ2n) is 5.98. The van der Waals surface area contributed by atoms with Gasteiger partial charge in [0.2, 0.25) is 0 Å². The zero-order chi connectivity index (χ0) is 14.7. The molecule has 1 amide bonds. The smallest absolute Gasteiger partial charge is 0.407 e. The van der Waals surface area contributed by atoms with Crippen LogP contribution in [0.5, 0.6) is 0 Å². The van der Waals surface area contributed by atoms with E-state index >= 15 is 0 Å². The molecule has 114 valence electrons. The Morgan fingerprint density at radius 1 is 1.16 bits per heavy atom. The highest BCUT2D eigenvalue weighted by Crippen LogP contribution is 2.06. The zero-order valence-corrected chi connectivity index (χ0v) is 13.3. The van der Waals surface area contributed by atoms with Gasteiger partial charge in [0.15, 0.2) is 0 Å². The molecule has 0 aromatic carbocycles. The number of amides is 1. The van der Waals surface area contributed by atoms with Crippen molar-refractivity contribution in [1.82, 2.24) is 10.6 Å². The van der Waals surface area contributed by atoms with E-state index in [1.807, 2.05) is 20.8 Å². The highest BCUT2D eigenvalue weighted by atomic mass is 16.6. The number of carbonyl (C=O) groups excluding carboxylic acids is 1. The van der Waals surface area contributed by atoms with E-state index in [1.54, 1.807) is 0 Å². The summed E-state index contributed by atoms with van der Waals surface area (Å²) in [6, 6.07) is 0.612. The summed E-state index contributed by atoms with van der Waals surface area (Å²) in [4.78, 5) is 11.4. The van der Waals surface area contributed by atoms with Crippen molar-refractivity contribution in [2.75, 3.05) is 13.1 Å². The SMILES string of the molecule is CCCCC(CC)NCCCNC(=O)OC(C)(C)C. The lowest BCUT2D eigenvalue weighted by Gasteiger charge is -2.20. The van der Waals surface area contributed by atoms with Crippen LogP contribution in [0.2, 0.25) is 0 Å². The van der Waals surface area contributed by atoms with Gasteiger partial charge >= 0.3 is 6.09 Å². The van der Waals surface area contributed by atoms with Crippen LogP contribution in [0, 0.1) is 0 Å². The van der Waals surface area contributed by atoms with Crippen molar-refractivity contribution in [3.63, 3.8) is 0 Å². The number of nitrogens with one attached hydrogen (secondary N) is 2. The number of unbranched alkanes of at least 4 members (excludes halogenated alkanes) is 1. The molecule has 2 N–H and O–H groups in total. The Kier molecular flexibility index (Phi) is 9.66. The van der Waals surface area contributed by atoms with Crippen molar-refractivity contribution in [2.24, 2.45) is 0 Å². The van der Waals surface area contributed by atoms with Gasteiger partial charge in [-0.15, -0.1) is 0 Å². The number of ether oxygens (including phenoxy) is 1. The maximum absolute atomic E-state index is 11.4. The predicted octanol–water partition coefficient (Wildman–Crippen LogP) is 3.46. The summed E-state index contributed by atoms with van der Waals surface area (Å²) >= 11 is 0. The Morgan fingerprint density at radius 3 is 2.37 bits per heavy atom. The third-order valence-electron chi connectivity index (χ3n) is 2.85. The zero-order valence-electron chi connectivity index (χ0n) is 13.3. The topological polar surface area (TPSA) is 50.4 Å². The molecule has 0 aromatic heterocycles. The van der Waals surface area contributed by atoms with E-state index in [9.17, 15) is 4.79 Å². The quantitative estimate of drug-likeness (QED) is 0.632. The van der Waals surface area contributed by atoms with E-state index in [0.717, 1.165) is 13.0 Å².